The maximum Gasteiger partial charge on any atom is 0.252 e. The van der Waals surface area contributed by atoms with Gasteiger partial charge in [0.25, 0.3) is 5.91 Å². The van der Waals surface area contributed by atoms with Crippen LogP contribution in [0.15, 0.2) is 11.4 Å². The van der Waals surface area contributed by atoms with Gasteiger partial charge < -0.3 is 16.4 Å². The Morgan fingerprint density at radius 1 is 1.35 bits per heavy atom. The molecular weight excluding hydrogens is 274 g/mol. The second-order valence-corrected chi connectivity index (χ2v) is 5.44. The van der Waals surface area contributed by atoms with Crippen LogP contribution < -0.4 is 16.4 Å². The highest BCUT2D eigenvalue weighted by Crippen LogP contribution is 2.28. The van der Waals surface area contributed by atoms with E-state index in [-0.39, 0.29) is 17.7 Å². The van der Waals surface area contributed by atoms with Crippen LogP contribution in [0.25, 0.3) is 0 Å². The van der Waals surface area contributed by atoms with Crippen LogP contribution in [0.3, 0.4) is 0 Å². The van der Waals surface area contributed by atoms with E-state index in [1.165, 1.54) is 11.3 Å². The fraction of sp³-hybridized carbons (Fsp3) is 0.429. The molecule has 1 saturated carbocycles. The van der Waals surface area contributed by atoms with Crippen molar-refractivity contribution in [2.75, 3.05) is 19.6 Å². The number of thiophene rings is 1. The molecule has 1 aromatic heterocycles. The maximum atomic E-state index is 11.8. The van der Waals surface area contributed by atoms with Crippen molar-refractivity contribution >= 4 is 23.2 Å². The van der Waals surface area contributed by atoms with Crippen LogP contribution in [-0.4, -0.2) is 31.4 Å². The first-order valence-electron chi connectivity index (χ1n) is 6.54. The van der Waals surface area contributed by atoms with Gasteiger partial charge in [-0.25, -0.2) is 0 Å². The lowest BCUT2D eigenvalue weighted by Crippen LogP contribution is -2.35. The lowest BCUT2D eigenvalue weighted by Gasteiger charge is -2.05. The molecule has 2 amide bonds. The molecule has 0 saturated heterocycles. The summed E-state index contributed by atoms with van der Waals surface area (Å²) in [5.74, 6) is 5.78. The van der Waals surface area contributed by atoms with Crippen LogP contribution in [0.4, 0.5) is 0 Å². The Morgan fingerprint density at radius 2 is 2.10 bits per heavy atom. The van der Waals surface area contributed by atoms with Gasteiger partial charge >= 0.3 is 0 Å². The highest BCUT2D eigenvalue weighted by Gasteiger charge is 2.28. The Hall–Kier alpha value is -1.84. The number of amides is 2. The number of hydrogen-bond acceptors (Lipinski definition) is 4. The molecule has 1 aliphatic rings. The fourth-order valence-electron chi connectivity index (χ4n) is 1.61. The Bertz CT molecular complexity index is 552. The molecule has 0 atom stereocenters. The third-order valence-electron chi connectivity index (χ3n) is 2.83. The maximum absolute atomic E-state index is 11.8. The zero-order valence-corrected chi connectivity index (χ0v) is 11.9. The van der Waals surface area contributed by atoms with Gasteiger partial charge in [-0.3, -0.25) is 9.59 Å². The van der Waals surface area contributed by atoms with Crippen LogP contribution in [0, 0.1) is 17.8 Å². The lowest BCUT2D eigenvalue weighted by molar-refractivity contribution is -0.122. The van der Waals surface area contributed by atoms with Gasteiger partial charge in [0.1, 0.15) is 0 Å². The Morgan fingerprint density at radius 3 is 2.80 bits per heavy atom. The van der Waals surface area contributed by atoms with Crippen molar-refractivity contribution in [3.05, 3.63) is 21.9 Å². The highest BCUT2D eigenvalue weighted by molar-refractivity contribution is 7.10. The lowest BCUT2D eigenvalue weighted by atomic mass is 10.3. The molecule has 106 valence electrons. The Labute approximate surface area is 121 Å². The first-order chi connectivity index (χ1) is 9.70. The summed E-state index contributed by atoms with van der Waals surface area (Å²) in [4.78, 5) is 24.0. The molecular formula is C14H17N3O2S. The minimum Gasteiger partial charge on any atom is -0.354 e. The van der Waals surface area contributed by atoms with Crippen LogP contribution in [-0.2, 0) is 4.79 Å². The molecule has 0 aliphatic heterocycles. The van der Waals surface area contributed by atoms with Crippen molar-refractivity contribution in [1.29, 1.82) is 0 Å². The van der Waals surface area contributed by atoms with Gasteiger partial charge in [-0.1, -0.05) is 11.8 Å². The van der Waals surface area contributed by atoms with Crippen molar-refractivity contribution in [2.45, 2.75) is 12.8 Å². The predicted molar refractivity (Wildman–Crippen MR) is 78.3 cm³/mol. The number of hydrogen-bond donors (Lipinski definition) is 3. The van der Waals surface area contributed by atoms with Gasteiger partial charge in [0.15, 0.2) is 0 Å². The summed E-state index contributed by atoms with van der Waals surface area (Å²) in [7, 11) is 0. The van der Waals surface area contributed by atoms with E-state index in [0.29, 0.717) is 25.2 Å². The summed E-state index contributed by atoms with van der Waals surface area (Å²) in [6.45, 7) is 1.20. The van der Waals surface area contributed by atoms with Crippen LogP contribution >= 0.6 is 11.3 Å². The smallest absolute Gasteiger partial charge is 0.252 e. The molecule has 0 spiro atoms. The van der Waals surface area contributed by atoms with Crippen molar-refractivity contribution < 1.29 is 9.59 Å². The molecule has 0 radical (unpaired) electrons. The second kappa shape index (κ2) is 7.08. The Kier molecular flexibility index (Phi) is 5.16. The van der Waals surface area contributed by atoms with Crippen molar-refractivity contribution in [1.82, 2.24) is 10.6 Å². The van der Waals surface area contributed by atoms with E-state index < -0.39 is 0 Å². The minimum atomic E-state index is -0.150. The van der Waals surface area contributed by atoms with E-state index in [0.717, 1.165) is 17.7 Å². The monoisotopic (exact) mass is 291 g/mol. The molecule has 0 bridgehead atoms. The van der Waals surface area contributed by atoms with E-state index in [4.69, 9.17) is 5.73 Å². The van der Waals surface area contributed by atoms with Crippen LogP contribution in [0.1, 0.15) is 28.1 Å². The molecule has 20 heavy (non-hydrogen) atoms. The zero-order valence-electron chi connectivity index (χ0n) is 11.1. The molecule has 6 heteroatoms. The van der Waals surface area contributed by atoms with E-state index in [9.17, 15) is 9.59 Å². The van der Waals surface area contributed by atoms with Gasteiger partial charge in [-0.05, 0) is 18.9 Å². The van der Waals surface area contributed by atoms with Crippen molar-refractivity contribution in [3.8, 4) is 11.8 Å². The second-order valence-electron chi connectivity index (χ2n) is 4.53. The van der Waals surface area contributed by atoms with E-state index in [1.54, 1.807) is 11.4 Å². The average molecular weight is 291 g/mol. The van der Waals surface area contributed by atoms with Crippen molar-refractivity contribution in [3.63, 3.8) is 0 Å². The fourth-order valence-corrected chi connectivity index (χ4v) is 2.37. The molecule has 4 N–H and O–H groups in total. The van der Waals surface area contributed by atoms with Crippen molar-refractivity contribution in [2.24, 2.45) is 11.7 Å². The van der Waals surface area contributed by atoms with Crippen LogP contribution in [0.5, 0.6) is 0 Å². The summed E-state index contributed by atoms with van der Waals surface area (Å²) in [5, 5.41) is 7.32. The largest absolute Gasteiger partial charge is 0.354 e. The van der Waals surface area contributed by atoms with Gasteiger partial charge in [-0.2, -0.15) is 0 Å². The highest BCUT2D eigenvalue weighted by atomic mass is 32.1. The quantitative estimate of drug-likeness (QED) is 0.539. The van der Waals surface area contributed by atoms with Gasteiger partial charge in [0.2, 0.25) is 5.91 Å². The first kappa shape index (κ1) is 14.6. The van der Waals surface area contributed by atoms with Crippen LogP contribution in [0.2, 0.25) is 0 Å². The molecule has 1 heterocycles. The molecule has 0 aromatic carbocycles. The molecule has 1 fully saturated rings. The number of nitrogens with one attached hydrogen (secondary N) is 2. The molecule has 0 unspecified atom stereocenters. The normalized spacial score (nSPS) is 13.2. The zero-order chi connectivity index (χ0) is 14.4. The molecule has 5 nitrogen and oxygen atoms in total. The average Bonchev–Trinajstić information content (AvgIpc) is 3.19. The predicted octanol–water partition coefficient (Wildman–Crippen LogP) is 0.314. The molecule has 2 rings (SSSR count). The summed E-state index contributed by atoms with van der Waals surface area (Å²) in [6.07, 6.45) is 1.97. The Balaban J connectivity index is 1.71. The first-order valence-corrected chi connectivity index (χ1v) is 7.42. The van der Waals surface area contributed by atoms with Gasteiger partial charge in [-0.15, -0.1) is 11.3 Å². The third kappa shape index (κ3) is 4.37. The summed E-state index contributed by atoms with van der Waals surface area (Å²) in [5.41, 5.74) is 5.88. The molecule has 1 aromatic rings. The van der Waals surface area contributed by atoms with E-state index in [2.05, 4.69) is 22.5 Å². The van der Waals surface area contributed by atoms with E-state index >= 15 is 0 Å². The number of rotatable bonds is 5. The molecule has 1 aliphatic carbocycles. The van der Waals surface area contributed by atoms with Gasteiger partial charge in [0.05, 0.1) is 17.0 Å². The standard InChI is InChI=1S/C14H17N3O2S/c15-5-1-2-12-8-11(9-20-12)14(19)17-7-6-16-13(18)10-3-4-10/h8-10H,3-7,15H2,(H,16,18)(H,17,19). The number of nitrogens with two attached hydrogens (primary N) is 1. The third-order valence-corrected chi connectivity index (χ3v) is 3.68. The topological polar surface area (TPSA) is 84.2 Å². The number of carbonyl (C=O) groups is 2. The minimum absolute atomic E-state index is 0.0918. The van der Waals surface area contributed by atoms with E-state index in [1.807, 2.05) is 0 Å². The SMILES string of the molecule is NCC#Cc1cc(C(=O)NCCNC(=O)C2CC2)cs1. The summed E-state index contributed by atoms with van der Waals surface area (Å²) < 4.78 is 0. The number of carbonyl (C=O) groups excluding carboxylic acids is 2. The van der Waals surface area contributed by atoms with Gasteiger partial charge in [0, 0.05) is 24.4 Å². The summed E-state index contributed by atoms with van der Waals surface area (Å²) >= 11 is 1.41. The summed E-state index contributed by atoms with van der Waals surface area (Å²) in [6, 6.07) is 1.74.